The van der Waals surface area contributed by atoms with Crippen molar-refractivity contribution in [1.29, 1.82) is 0 Å². The van der Waals surface area contributed by atoms with E-state index in [1.54, 1.807) is 0 Å². The second-order valence-electron chi connectivity index (χ2n) is 7.05. The molecule has 0 fully saturated rings. The number of alkyl carbamates (subject to hydrolysis) is 1. The Kier molecular flexibility index (Phi) is 5.35. The average molecular weight is 382 g/mol. The summed E-state index contributed by atoms with van der Waals surface area (Å²) in [7, 11) is 0. The van der Waals surface area contributed by atoms with Crippen molar-refractivity contribution in [2.75, 3.05) is 6.61 Å². The van der Waals surface area contributed by atoms with Crippen LogP contribution in [0, 0.1) is 0 Å². The van der Waals surface area contributed by atoms with E-state index in [0.29, 0.717) is 0 Å². The van der Waals surface area contributed by atoms with Gasteiger partial charge in [-0.3, -0.25) is 4.79 Å². The molecule has 2 aromatic rings. The molecule has 7 nitrogen and oxygen atoms in total. The van der Waals surface area contributed by atoms with Crippen LogP contribution < -0.4 is 11.1 Å². The third kappa shape index (κ3) is 3.83. The second kappa shape index (κ2) is 7.72. The van der Waals surface area contributed by atoms with Gasteiger partial charge in [-0.1, -0.05) is 48.5 Å². The summed E-state index contributed by atoms with van der Waals surface area (Å²) in [5.41, 5.74) is 7.77. The molecule has 0 bridgehead atoms. The highest BCUT2D eigenvalue weighted by Crippen LogP contribution is 2.44. The molecule has 0 aliphatic heterocycles. The van der Waals surface area contributed by atoms with E-state index in [0.717, 1.165) is 22.3 Å². The smallest absolute Gasteiger partial charge is 0.408 e. The number of aliphatic carboxylic acids is 1. The van der Waals surface area contributed by atoms with Crippen molar-refractivity contribution in [3.05, 3.63) is 59.7 Å². The third-order valence-electron chi connectivity index (χ3n) is 5.07. The molecule has 0 saturated carbocycles. The molecule has 0 aromatic heterocycles. The van der Waals surface area contributed by atoms with Gasteiger partial charge in [0.05, 0.1) is 0 Å². The first-order valence-corrected chi connectivity index (χ1v) is 8.96. The van der Waals surface area contributed by atoms with Crippen LogP contribution in [0.5, 0.6) is 0 Å². The van der Waals surface area contributed by atoms with Crippen molar-refractivity contribution in [3.8, 4) is 11.1 Å². The van der Waals surface area contributed by atoms with Crippen molar-refractivity contribution < 1.29 is 24.2 Å². The number of ether oxygens (including phenoxy) is 1. The minimum Gasteiger partial charge on any atom is -0.480 e. The molecule has 3 rings (SSSR count). The standard InChI is InChI=1S/C21H22N2O5/c1-21(19(25)26,11-10-18(22)24)23-20(27)28-12-17-15-8-4-2-6-13(15)14-7-3-5-9-16(14)17/h2-9,17H,10-12H2,1H3,(H2,22,24)(H,23,27)(H,25,26)/t21-/m0/s1. The number of carboxylic acids is 1. The number of primary amides is 1. The fourth-order valence-electron chi connectivity index (χ4n) is 3.46. The van der Waals surface area contributed by atoms with Crippen LogP contribution in [0.15, 0.2) is 48.5 Å². The molecule has 0 saturated heterocycles. The van der Waals surface area contributed by atoms with Gasteiger partial charge in [-0.25, -0.2) is 9.59 Å². The van der Waals surface area contributed by atoms with Gasteiger partial charge in [0.2, 0.25) is 5.91 Å². The van der Waals surface area contributed by atoms with Crippen LogP contribution in [0.2, 0.25) is 0 Å². The van der Waals surface area contributed by atoms with Crippen LogP contribution in [-0.4, -0.2) is 35.2 Å². The van der Waals surface area contributed by atoms with Gasteiger partial charge < -0.3 is 20.9 Å². The first kappa shape index (κ1) is 19.4. The van der Waals surface area contributed by atoms with Crippen LogP contribution in [0.1, 0.15) is 36.8 Å². The zero-order valence-electron chi connectivity index (χ0n) is 15.5. The lowest BCUT2D eigenvalue weighted by Gasteiger charge is -2.25. The molecular weight excluding hydrogens is 360 g/mol. The highest BCUT2D eigenvalue weighted by atomic mass is 16.5. The molecule has 0 heterocycles. The van der Waals surface area contributed by atoms with Crippen LogP contribution in [0.25, 0.3) is 11.1 Å². The van der Waals surface area contributed by atoms with Gasteiger partial charge in [-0.05, 0) is 35.6 Å². The summed E-state index contributed by atoms with van der Waals surface area (Å²) in [5, 5.41) is 11.8. The number of benzene rings is 2. The topological polar surface area (TPSA) is 119 Å². The number of fused-ring (bicyclic) bond motifs is 3. The SMILES string of the molecule is C[C@@](CCC(N)=O)(NC(=O)OCC1c2ccccc2-c2ccccc21)C(=O)O. The summed E-state index contributed by atoms with van der Waals surface area (Å²) < 4.78 is 5.36. The number of hydrogen-bond acceptors (Lipinski definition) is 4. The first-order chi connectivity index (χ1) is 13.3. The summed E-state index contributed by atoms with van der Waals surface area (Å²) in [6.45, 7) is 1.39. The van der Waals surface area contributed by atoms with Crippen molar-refractivity contribution in [3.63, 3.8) is 0 Å². The van der Waals surface area contributed by atoms with Crippen molar-refractivity contribution >= 4 is 18.0 Å². The second-order valence-corrected chi connectivity index (χ2v) is 7.05. The Morgan fingerprint density at radius 2 is 1.61 bits per heavy atom. The van der Waals surface area contributed by atoms with Gasteiger partial charge in [0.1, 0.15) is 12.1 Å². The number of nitrogens with one attached hydrogen (secondary N) is 1. The van der Waals surface area contributed by atoms with Crippen LogP contribution in [-0.2, 0) is 14.3 Å². The van der Waals surface area contributed by atoms with E-state index in [-0.39, 0.29) is 25.4 Å². The van der Waals surface area contributed by atoms with Crippen LogP contribution in [0.3, 0.4) is 0 Å². The van der Waals surface area contributed by atoms with Gasteiger partial charge in [0, 0.05) is 12.3 Å². The zero-order valence-corrected chi connectivity index (χ0v) is 15.5. The van der Waals surface area contributed by atoms with E-state index in [1.807, 2.05) is 48.5 Å². The highest BCUT2D eigenvalue weighted by molar-refractivity contribution is 5.85. The van der Waals surface area contributed by atoms with Gasteiger partial charge in [0.25, 0.3) is 0 Å². The van der Waals surface area contributed by atoms with E-state index >= 15 is 0 Å². The Hall–Kier alpha value is -3.35. The zero-order chi connectivity index (χ0) is 20.3. The molecule has 1 aliphatic carbocycles. The van der Waals surface area contributed by atoms with Gasteiger partial charge in [0.15, 0.2) is 0 Å². The monoisotopic (exact) mass is 382 g/mol. The Bertz CT molecular complexity index is 881. The quantitative estimate of drug-likeness (QED) is 0.680. The molecule has 4 N–H and O–H groups in total. The number of carbonyl (C=O) groups excluding carboxylic acids is 2. The normalized spacial score (nSPS) is 14.5. The minimum atomic E-state index is -1.64. The average Bonchev–Trinajstić information content (AvgIpc) is 2.98. The number of rotatable bonds is 7. The Morgan fingerprint density at radius 1 is 1.07 bits per heavy atom. The molecule has 1 atom stereocenters. The predicted octanol–water partition coefficient (Wildman–Crippen LogP) is 2.63. The van der Waals surface area contributed by atoms with Crippen molar-refractivity contribution in [2.24, 2.45) is 5.73 Å². The van der Waals surface area contributed by atoms with Crippen LogP contribution >= 0.6 is 0 Å². The molecule has 146 valence electrons. The van der Waals surface area contributed by atoms with E-state index in [9.17, 15) is 19.5 Å². The predicted molar refractivity (Wildman–Crippen MR) is 103 cm³/mol. The number of carboxylic acid groups (broad SMARTS) is 1. The maximum Gasteiger partial charge on any atom is 0.408 e. The number of hydrogen-bond donors (Lipinski definition) is 3. The third-order valence-corrected chi connectivity index (χ3v) is 5.07. The molecule has 0 radical (unpaired) electrons. The largest absolute Gasteiger partial charge is 0.480 e. The van der Waals surface area contributed by atoms with Crippen LogP contribution in [0.4, 0.5) is 4.79 Å². The summed E-state index contributed by atoms with van der Waals surface area (Å²) in [6.07, 6.45) is -1.13. The summed E-state index contributed by atoms with van der Waals surface area (Å²) >= 11 is 0. The lowest BCUT2D eigenvalue weighted by Crippen LogP contribution is -2.52. The van der Waals surface area contributed by atoms with E-state index in [1.165, 1.54) is 6.92 Å². The Morgan fingerprint density at radius 3 is 2.11 bits per heavy atom. The minimum absolute atomic E-state index is 0.0748. The molecule has 0 unspecified atom stereocenters. The Balaban J connectivity index is 1.71. The molecule has 1 aliphatic rings. The summed E-state index contributed by atoms with van der Waals surface area (Å²) in [4.78, 5) is 34.8. The molecule has 2 amide bonds. The molecular formula is C21H22N2O5. The lowest BCUT2D eigenvalue weighted by molar-refractivity contribution is -0.144. The van der Waals surface area contributed by atoms with E-state index in [4.69, 9.17) is 10.5 Å². The maximum atomic E-state index is 12.3. The molecule has 7 heteroatoms. The fourth-order valence-corrected chi connectivity index (χ4v) is 3.46. The van der Waals surface area contributed by atoms with Crippen molar-refractivity contribution in [2.45, 2.75) is 31.2 Å². The maximum absolute atomic E-state index is 12.3. The van der Waals surface area contributed by atoms with E-state index < -0.39 is 23.5 Å². The van der Waals surface area contributed by atoms with Crippen molar-refractivity contribution in [1.82, 2.24) is 5.32 Å². The van der Waals surface area contributed by atoms with Gasteiger partial charge in [-0.15, -0.1) is 0 Å². The Labute approximate surface area is 162 Å². The number of carbonyl (C=O) groups is 3. The van der Waals surface area contributed by atoms with E-state index in [2.05, 4.69) is 5.32 Å². The molecule has 2 aromatic carbocycles. The molecule has 0 spiro atoms. The first-order valence-electron chi connectivity index (χ1n) is 8.96. The number of amides is 2. The summed E-state index contributed by atoms with van der Waals surface area (Å²) in [5.74, 6) is -2.02. The highest BCUT2D eigenvalue weighted by Gasteiger charge is 2.36. The lowest BCUT2D eigenvalue weighted by atomic mass is 9.96. The number of nitrogens with two attached hydrogens (primary N) is 1. The summed E-state index contributed by atoms with van der Waals surface area (Å²) in [6, 6.07) is 15.8. The fraction of sp³-hybridized carbons (Fsp3) is 0.286. The van der Waals surface area contributed by atoms with Gasteiger partial charge >= 0.3 is 12.1 Å². The van der Waals surface area contributed by atoms with Gasteiger partial charge in [-0.2, -0.15) is 0 Å². The molecule has 28 heavy (non-hydrogen) atoms.